The van der Waals surface area contributed by atoms with E-state index >= 15 is 0 Å². The van der Waals surface area contributed by atoms with Gasteiger partial charge in [0.1, 0.15) is 5.75 Å². The molecule has 2 fully saturated rings. The van der Waals surface area contributed by atoms with Gasteiger partial charge in [-0.3, -0.25) is 0 Å². The fourth-order valence-electron chi connectivity index (χ4n) is 3.44. The molecule has 0 spiro atoms. The Balaban J connectivity index is 1.57. The highest BCUT2D eigenvalue weighted by Crippen LogP contribution is 2.31. The smallest absolute Gasteiger partial charge is 0.120 e. The summed E-state index contributed by atoms with van der Waals surface area (Å²) in [4.78, 5) is 0. The lowest BCUT2D eigenvalue weighted by Crippen LogP contribution is -2.28. The van der Waals surface area contributed by atoms with Crippen LogP contribution in [0, 0.1) is 11.8 Å². The normalized spacial score (nSPS) is 30.2. The van der Waals surface area contributed by atoms with E-state index in [1.807, 2.05) is 0 Å². The summed E-state index contributed by atoms with van der Waals surface area (Å²) in [5, 5.41) is 3.56. The van der Waals surface area contributed by atoms with E-state index in [9.17, 15) is 0 Å². The van der Waals surface area contributed by atoms with Gasteiger partial charge in [0.15, 0.2) is 0 Å². The van der Waals surface area contributed by atoms with E-state index in [0.29, 0.717) is 6.10 Å². The van der Waals surface area contributed by atoms with Gasteiger partial charge in [0.05, 0.1) is 6.10 Å². The average Bonchev–Trinajstić information content (AvgIpc) is 3.19. The number of hydrogen-bond donors (Lipinski definition) is 1. The van der Waals surface area contributed by atoms with Crippen LogP contribution >= 0.6 is 0 Å². The predicted octanol–water partition coefficient (Wildman–Crippen LogP) is 4.14. The van der Waals surface area contributed by atoms with Gasteiger partial charge in [-0.2, -0.15) is 0 Å². The molecule has 0 aromatic heterocycles. The lowest BCUT2D eigenvalue weighted by atomic mass is 9.82. The molecule has 110 valence electrons. The van der Waals surface area contributed by atoms with Crippen molar-refractivity contribution in [1.82, 2.24) is 5.32 Å². The van der Waals surface area contributed by atoms with Crippen LogP contribution < -0.4 is 10.1 Å². The van der Waals surface area contributed by atoms with Crippen molar-refractivity contribution in [3.8, 4) is 5.75 Å². The summed E-state index contributed by atoms with van der Waals surface area (Å²) in [5.74, 6) is 2.64. The van der Waals surface area contributed by atoms with Gasteiger partial charge in [-0.1, -0.05) is 26.0 Å². The van der Waals surface area contributed by atoms with Crippen molar-refractivity contribution in [2.75, 3.05) is 0 Å². The van der Waals surface area contributed by atoms with Crippen LogP contribution in [0.25, 0.3) is 0 Å². The third kappa shape index (κ3) is 3.99. The monoisotopic (exact) mass is 273 g/mol. The van der Waals surface area contributed by atoms with Gasteiger partial charge in [-0.05, 0) is 61.6 Å². The lowest BCUT2D eigenvalue weighted by molar-refractivity contribution is 0.101. The minimum Gasteiger partial charge on any atom is -0.490 e. The lowest BCUT2D eigenvalue weighted by Gasteiger charge is -2.31. The van der Waals surface area contributed by atoms with E-state index in [1.54, 1.807) is 0 Å². The minimum atomic E-state index is 0.403. The highest BCUT2D eigenvalue weighted by molar-refractivity contribution is 5.28. The van der Waals surface area contributed by atoms with Crippen molar-refractivity contribution in [3.05, 3.63) is 29.8 Å². The summed E-state index contributed by atoms with van der Waals surface area (Å²) in [5.41, 5.74) is 1.34. The van der Waals surface area contributed by atoms with Crippen LogP contribution in [0.4, 0.5) is 0 Å². The maximum atomic E-state index is 6.23. The summed E-state index contributed by atoms with van der Waals surface area (Å²) in [6, 6.07) is 9.38. The standard InChI is InChI=1S/C18H27NO/c1-13-8-14(2)10-18(9-13)20-17-5-3-4-15(11-17)12-19-16-6-7-16/h3-5,11,13-14,16,18-19H,6-10,12H2,1-2H3. The van der Waals surface area contributed by atoms with Crippen LogP contribution in [-0.4, -0.2) is 12.1 Å². The van der Waals surface area contributed by atoms with Crippen LogP contribution in [0.2, 0.25) is 0 Å². The molecular formula is C18H27NO. The first kappa shape index (κ1) is 13.9. The van der Waals surface area contributed by atoms with Crippen LogP contribution in [-0.2, 0) is 6.54 Å². The SMILES string of the molecule is CC1CC(C)CC(Oc2cccc(CNC3CC3)c2)C1. The molecule has 0 amide bonds. The Morgan fingerprint density at radius 3 is 2.55 bits per heavy atom. The molecule has 0 saturated heterocycles. The molecule has 1 N–H and O–H groups in total. The molecule has 1 aromatic rings. The van der Waals surface area contributed by atoms with E-state index in [-0.39, 0.29) is 0 Å². The van der Waals surface area contributed by atoms with Crippen LogP contribution in [0.15, 0.2) is 24.3 Å². The molecule has 2 saturated carbocycles. The number of nitrogens with one attached hydrogen (secondary N) is 1. The van der Waals surface area contributed by atoms with Gasteiger partial charge in [-0.15, -0.1) is 0 Å². The molecule has 0 heterocycles. The first-order chi connectivity index (χ1) is 9.69. The fourth-order valence-corrected chi connectivity index (χ4v) is 3.44. The number of rotatable bonds is 5. The first-order valence-corrected chi connectivity index (χ1v) is 8.18. The molecule has 2 nitrogen and oxygen atoms in total. The van der Waals surface area contributed by atoms with Crippen LogP contribution in [0.1, 0.15) is 51.5 Å². The van der Waals surface area contributed by atoms with E-state index in [0.717, 1.165) is 30.2 Å². The topological polar surface area (TPSA) is 21.3 Å². The second-order valence-corrected chi connectivity index (χ2v) is 6.96. The zero-order chi connectivity index (χ0) is 13.9. The van der Waals surface area contributed by atoms with E-state index in [2.05, 4.69) is 43.4 Å². The summed E-state index contributed by atoms with van der Waals surface area (Å²) >= 11 is 0. The van der Waals surface area contributed by atoms with Gasteiger partial charge in [0, 0.05) is 12.6 Å². The summed E-state index contributed by atoms with van der Waals surface area (Å²) < 4.78 is 6.23. The van der Waals surface area contributed by atoms with E-state index in [4.69, 9.17) is 4.74 Å². The van der Waals surface area contributed by atoms with Gasteiger partial charge in [0.25, 0.3) is 0 Å². The quantitative estimate of drug-likeness (QED) is 0.870. The maximum absolute atomic E-state index is 6.23. The number of ether oxygens (including phenoxy) is 1. The summed E-state index contributed by atoms with van der Waals surface area (Å²) in [6.07, 6.45) is 6.84. The molecule has 2 atom stereocenters. The highest BCUT2D eigenvalue weighted by atomic mass is 16.5. The Bertz CT molecular complexity index is 431. The molecule has 2 aliphatic carbocycles. The van der Waals surface area contributed by atoms with Crippen LogP contribution in [0.3, 0.4) is 0 Å². The molecule has 0 bridgehead atoms. The molecule has 20 heavy (non-hydrogen) atoms. The molecule has 0 aliphatic heterocycles. The molecule has 2 unspecified atom stereocenters. The average molecular weight is 273 g/mol. The molecule has 1 aromatic carbocycles. The van der Waals surface area contributed by atoms with Gasteiger partial charge in [0.2, 0.25) is 0 Å². The van der Waals surface area contributed by atoms with Crippen molar-refractivity contribution in [3.63, 3.8) is 0 Å². The Labute approximate surface area is 122 Å². The Kier molecular flexibility index (Phi) is 4.30. The van der Waals surface area contributed by atoms with Crippen molar-refractivity contribution < 1.29 is 4.74 Å². The third-order valence-electron chi connectivity index (χ3n) is 4.51. The Morgan fingerprint density at radius 1 is 1.10 bits per heavy atom. The zero-order valence-corrected chi connectivity index (χ0v) is 12.8. The van der Waals surface area contributed by atoms with Gasteiger partial charge >= 0.3 is 0 Å². The maximum Gasteiger partial charge on any atom is 0.120 e. The second-order valence-electron chi connectivity index (χ2n) is 6.96. The second kappa shape index (κ2) is 6.17. The predicted molar refractivity (Wildman–Crippen MR) is 82.9 cm³/mol. The largest absolute Gasteiger partial charge is 0.490 e. The minimum absolute atomic E-state index is 0.403. The summed E-state index contributed by atoms with van der Waals surface area (Å²) in [7, 11) is 0. The molecule has 2 aliphatic rings. The third-order valence-corrected chi connectivity index (χ3v) is 4.51. The Hall–Kier alpha value is -1.02. The van der Waals surface area contributed by atoms with Crippen molar-refractivity contribution in [2.24, 2.45) is 11.8 Å². The van der Waals surface area contributed by atoms with Gasteiger partial charge < -0.3 is 10.1 Å². The first-order valence-electron chi connectivity index (χ1n) is 8.18. The van der Waals surface area contributed by atoms with Crippen molar-refractivity contribution in [2.45, 2.75) is 64.6 Å². The molecule has 3 rings (SSSR count). The van der Waals surface area contributed by atoms with E-state index in [1.165, 1.54) is 37.7 Å². The van der Waals surface area contributed by atoms with Crippen molar-refractivity contribution in [1.29, 1.82) is 0 Å². The zero-order valence-electron chi connectivity index (χ0n) is 12.8. The van der Waals surface area contributed by atoms with E-state index < -0.39 is 0 Å². The van der Waals surface area contributed by atoms with Gasteiger partial charge in [-0.25, -0.2) is 0 Å². The van der Waals surface area contributed by atoms with Crippen LogP contribution in [0.5, 0.6) is 5.75 Å². The number of benzene rings is 1. The highest BCUT2D eigenvalue weighted by Gasteiger charge is 2.25. The Morgan fingerprint density at radius 2 is 1.85 bits per heavy atom. The molecular weight excluding hydrogens is 246 g/mol. The van der Waals surface area contributed by atoms with Crippen molar-refractivity contribution >= 4 is 0 Å². The fraction of sp³-hybridized carbons (Fsp3) is 0.667. The molecule has 2 heteroatoms. The summed E-state index contributed by atoms with van der Waals surface area (Å²) in [6.45, 7) is 5.67. The molecule has 0 radical (unpaired) electrons. The number of hydrogen-bond acceptors (Lipinski definition) is 2.